The highest BCUT2D eigenvalue weighted by molar-refractivity contribution is 7.52. The van der Waals surface area contributed by atoms with Crippen LogP contribution in [0.4, 0.5) is 49.1 Å². The van der Waals surface area contributed by atoms with Crippen LogP contribution in [-0.2, 0) is 21.5 Å². The standard InChI is InChI=1S/C11H14F3N2O5P.C10H12F3N2O5P/c1-6(7(2)22(19,20)21)15-9-4-3-8(11(12,13)14)5-10(9)16(17)18;1-6(5-21(18,19)20)14-8-3-2-7(10(11,12)13)4-9(8)15(16)17/h3-7,15H,1-2H3,(H2,19,20,21);2-4,6,14H,5H2,1H3,(H2,18,19,20). The summed E-state index contributed by atoms with van der Waals surface area (Å²) in [4.78, 5) is 55.4. The van der Waals surface area contributed by atoms with E-state index in [0.29, 0.717) is 24.3 Å². The molecule has 3 atom stereocenters. The van der Waals surface area contributed by atoms with Crippen molar-refractivity contribution < 1.29 is 64.9 Å². The summed E-state index contributed by atoms with van der Waals surface area (Å²) in [5, 5.41) is 26.6. The summed E-state index contributed by atoms with van der Waals surface area (Å²) in [5.41, 5.74) is -5.65. The van der Waals surface area contributed by atoms with Gasteiger partial charge in [-0.05, 0) is 45.0 Å². The maximum atomic E-state index is 12.6. The van der Waals surface area contributed by atoms with Gasteiger partial charge in [0.05, 0.1) is 32.8 Å². The normalized spacial score (nSPS) is 14.5. The van der Waals surface area contributed by atoms with Gasteiger partial charge in [0.15, 0.2) is 0 Å². The molecule has 0 saturated heterocycles. The number of halogens is 6. The Labute approximate surface area is 238 Å². The molecule has 0 fully saturated rings. The Morgan fingerprint density at radius 2 is 1.14 bits per heavy atom. The number of hydrogen-bond acceptors (Lipinski definition) is 8. The first-order chi connectivity index (χ1) is 19.2. The molecule has 0 radical (unpaired) electrons. The summed E-state index contributed by atoms with van der Waals surface area (Å²) in [7, 11) is -8.78. The summed E-state index contributed by atoms with van der Waals surface area (Å²) >= 11 is 0. The second-order valence-corrected chi connectivity index (χ2v) is 12.8. The number of anilines is 2. The lowest BCUT2D eigenvalue weighted by molar-refractivity contribution is -0.384. The summed E-state index contributed by atoms with van der Waals surface area (Å²) in [6.45, 7) is 3.94. The fourth-order valence-electron chi connectivity index (χ4n) is 3.29. The molecule has 0 aliphatic carbocycles. The molecule has 0 spiro atoms. The Morgan fingerprint density at radius 3 is 1.44 bits per heavy atom. The number of nitro benzene ring substituents is 2. The molecule has 0 heterocycles. The van der Waals surface area contributed by atoms with E-state index in [9.17, 15) is 55.7 Å². The lowest BCUT2D eigenvalue weighted by atomic mass is 10.1. The molecule has 2 aromatic carbocycles. The van der Waals surface area contributed by atoms with Crippen molar-refractivity contribution in [1.82, 2.24) is 0 Å². The quantitative estimate of drug-likeness (QED) is 0.0789. The second-order valence-electron chi connectivity index (χ2n) is 9.13. The zero-order valence-corrected chi connectivity index (χ0v) is 24.0. The fraction of sp³-hybridized carbons (Fsp3) is 0.429. The molecule has 242 valence electrons. The van der Waals surface area contributed by atoms with Gasteiger partial charge in [0, 0.05) is 24.2 Å². The Bertz CT molecular complexity index is 1410. The predicted octanol–water partition coefficient (Wildman–Crippen LogP) is 5.57. The van der Waals surface area contributed by atoms with E-state index in [0.717, 1.165) is 12.1 Å². The van der Waals surface area contributed by atoms with E-state index in [1.165, 1.54) is 20.8 Å². The van der Waals surface area contributed by atoms with Gasteiger partial charge in [-0.2, -0.15) is 26.3 Å². The molecular weight excluding hydrogens is 644 g/mol. The van der Waals surface area contributed by atoms with Crippen molar-refractivity contribution in [2.45, 2.75) is 50.9 Å². The smallest absolute Gasteiger partial charge is 0.376 e. The lowest BCUT2D eigenvalue weighted by Gasteiger charge is -2.23. The number of benzene rings is 2. The Morgan fingerprint density at radius 1 is 0.767 bits per heavy atom. The van der Waals surface area contributed by atoms with E-state index >= 15 is 0 Å². The minimum atomic E-state index is -4.73. The maximum Gasteiger partial charge on any atom is 0.416 e. The first kappa shape index (κ1) is 37.7. The van der Waals surface area contributed by atoms with Gasteiger partial charge >= 0.3 is 27.5 Å². The third kappa shape index (κ3) is 12.1. The van der Waals surface area contributed by atoms with E-state index in [-0.39, 0.29) is 11.4 Å². The van der Waals surface area contributed by atoms with Gasteiger partial charge in [-0.15, -0.1) is 0 Å². The average molecular weight is 670 g/mol. The molecule has 2 aromatic rings. The first-order valence-electron chi connectivity index (χ1n) is 11.6. The summed E-state index contributed by atoms with van der Waals surface area (Å²) in [6, 6.07) is 2.02. The number of alkyl halides is 6. The fourth-order valence-corrected chi connectivity index (χ4v) is 4.75. The van der Waals surface area contributed by atoms with Crippen LogP contribution in [0.2, 0.25) is 0 Å². The highest BCUT2D eigenvalue weighted by Crippen LogP contribution is 2.44. The number of rotatable bonds is 10. The SMILES string of the molecule is CC(CP(=O)(O)O)Nc1ccc(C(F)(F)F)cc1[N+](=O)[O-].CC(Nc1ccc(C(F)(F)F)cc1[N+](=O)[O-])C(C)P(=O)(O)O. The topological polar surface area (TPSA) is 225 Å². The molecule has 0 aromatic heterocycles. The van der Waals surface area contributed by atoms with Crippen molar-refractivity contribution in [3.05, 3.63) is 67.8 Å². The average Bonchev–Trinajstić information content (AvgIpc) is 2.80. The molecule has 43 heavy (non-hydrogen) atoms. The van der Waals surface area contributed by atoms with Crippen LogP contribution in [0.5, 0.6) is 0 Å². The molecule has 14 nitrogen and oxygen atoms in total. The van der Waals surface area contributed by atoms with Crippen molar-refractivity contribution in [2.75, 3.05) is 16.8 Å². The predicted molar refractivity (Wildman–Crippen MR) is 141 cm³/mol. The molecule has 3 unspecified atom stereocenters. The van der Waals surface area contributed by atoms with E-state index < -0.39 is 83.8 Å². The highest BCUT2D eigenvalue weighted by atomic mass is 31.2. The molecule has 22 heteroatoms. The van der Waals surface area contributed by atoms with Crippen LogP contribution in [0.25, 0.3) is 0 Å². The van der Waals surface area contributed by atoms with Crippen molar-refractivity contribution in [2.24, 2.45) is 0 Å². The number of nitro groups is 2. The van der Waals surface area contributed by atoms with Crippen molar-refractivity contribution >= 4 is 37.9 Å². The Hall–Kier alpha value is -3.28. The number of hydrogen-bond donors (Lipinski definition) is 6. The third-order valence-corrected chi connectivity index (χ3v) is 8.13. The molecule has 0 bridgehead atoms. The van der Waals surface area contributed by atoms with E-state index in [1.807, 2.05) is 0 Å². The third-order valence-electron chi connectivity index (χ3n) is 5.59. The van der Waals surface area contributed by atoms with E-state index in [1.54, 1.807) is 0 Å². The molecule has 0 aliphatic heterocycles. The number of nitrogens with one attached hydrogen (secondary N) is 2. The lowest BCUT2D eigenvalue weighted by Crippen LogP contribution is -2.28. The van der Waals surface area contributed by atoms with E-state index in [4.69, 9.17) is 19.6 Å². The van der Waals surface area contributed by atoms with Gasteiger partial charge < -0.3 is 30.2 Å². The van der Waals surface area contributed by atoms with Gasteiger partial charge in [0.1, 0.15) is 11.4 Å². The van der Waals surface area contributed by atoms with Crippen LogP contribution in [0.1, 0.15) is 31.9 Å². The zero-order valence-electron chi connectivity index (χ0n) is 22.2. The highest BCUT2D eigenvalue weighted by Gasteiger charge is 2.35. The number of nitrogens with zero attached hydrogens (tertiary/aromatic N) is 2. The summed E-state index contributed by atoms with van der Waals surface area (Å²) in [6.07, 6.45) is -10.1. The largest absolute Gasteiger partial charge is 0.416 e. The minimum absolute atomic E-state index is 0.242. The summed E-state index contributed by atoms with van der Waals surface area (Å²) in [5.74, 6) is 0. The van der Waals surface area contributed by atoms with Crippen LogP contribution < -0.4 is 10.6 Å². The molecule has 2 rings (SSSR count). The Balaban J connectivity index is 0.000000430. The molecule has 0 saturated carbocycles. The molecule has 6 N–H and O–H groups in total. The summed E-state index contributed by atoms with van der Waals surface area (Å²) < 4.78 is 97.1. The molecular formula is C21H26F6N4O10P2. The molecule has 0 amide bonds. The Kier molecular flexibility index (Phi) is 12.3. The van der Waals surface area contributed by atoms with Crippen LogP contribution in [0.3, 0.4) is 0 Å². The first-order valence-corrected chi connectivity index (χ1v) is 15.1. The monoisotopic (exact) mass is 670 g/mol. The van der Waals surface area contributed by atoms with Gasteiger partial charge in [0.25, 0.3) is 11.4 Å². The van der Waals surface area contributed by atoms with Crippen LogP contribution in [-0.4, -0.2) is 53.3 Å². The maximum absolute atomic E-state index is 12.6. The van der Waals surface area contributed by atoms with Crippen molar-refractivity contribution in [3.63, 3.8) is 0 Å². The van der Waals surface area contributed by atoms with Crippen molar-refractivity contribution in [1.29, 1.82) is 0 Å². The molecule has 0 aliphatic rings. The van der Waals surface area contributed by atoms with Gasteiger partial charge in [-0.1, -0.05) is 0 Å². The zero-order chi connectivity index (χ0) is 33.7. The van der Waals surface area contributed by atoms with Crippen LogP contribution >= 0.6 is 15.2 Å². The van der Waals surface area contributed by atoms with Crippen LogP contribution in [0.15, 0.2) is 36.4 Å². The van der Waals surface area contributed by atoms with Gasteiger partial charge in [0.2, 0.25) is 0 Å². The second kappa shape index (κ2) is 14.0. The van der Waals surface area contributed by atoms with E-state index in [2.05, 4.69) is 10.6 Å². The van der Waals surface area contributed by atoms with Crippen molar-refractivity contribution in [3.8, 4) is 0 Å². The van der Waals surface area contributed by atoms with Gasteiger partial charge in [-0.3, -0.25) is 29.4 Å². The van der Waals surface area contributed by atoms with Crippen LogP contribution in [0, 0.1) is 20.2 Å². The minimum Gasteiger partial charge on any atom is -0.376 e. The van der Waals surface area contributed by atoms with Gasteiger partial charge in [-0.25, -0.2) is 0 Å².